The highest BCUT2D eigenvalue weighted by molar-refractivity contribution is 5.94. The lowest BCUT2D eigenvalue weighted by atomic mass is 10.1. The van der Waals surface area contributed by atoms with E-state index < -0.39 is 5.97 Å². The Balaban J connectivity index is 2.02. The lowest BCUT2D eigenvalue weighted by Crippen LogP contribution is -2.01. The number of nitrogens with zero attached hydrogens (tertiary/aromatic N) is 1. The van der Waals surface area contributed by atoms with Crippen molar-refractivity contribution in [2.24, 2.45) is 5.16 Å². The number of esters is 1. The summed E-state index contributed by atoms with van der Waals surface area (Å²) in [4.78, 5) is 28.3. The van der Waals surface area contributed by atoms with E-state index in [0.29, 0.717) is 23.5 Å². The van der Waals surface area contributed by atoms with Crippen molar-refractivity contribution in [3.63, 3.8) is 0 Å². The van der Waals surface area contributed by atoms with Crippen LogP contribution in [0.2, 0.25) is 0 Å². The van der Waals surface area contributed by atoms with Crippen LogP contribution in [-0.2, 0) is 16.2 Å². The smallest absolute Gasteiger partial charge is 0.337 e. The lowest BCUT2D eigenvalue weighted by molar-refractivity contribution is 0.0600. The zero-order valence-corrected chi connectivity index (χ0v) is 15.0. The van der Waals surface area contributed by atoms with Gasteiger partial charge in [-0.15, -0.1) is 0 Å². The summed E-state index contributed by atoms with van der Waals surface area (Å²) in [5.74, 6) is 0.247. The Hall–Kier alpha value is -3.15. The van der Waals surface area contributed by atoms with Gasteiger partial charge in [0, 0.05) is 11.1 Å². The van der Waals surface area contributed by atoms with E-state index in [1.807, 2.05) is 6.92 Å². The number of hydrogen-bond acceptors (Lipinski definition) is 6. The average Bonchev–Trinajstić information content (AvgIpc) is 2.66. The van der Waals surface area contributed by atoms with E-state index in [4.69, 9.17) is 9.57 Å². The summed E-state index contributed by atoms with van der Waals surface area (Å²) in [5, 5.41) is 3.93. The van der Waals surface area contributed by atoms with E-state index in [9.17, 15) is 9.59 Å². The topological polar surface area (TPSA) is 74.2 Å². The molecule has 0 N–H and O–H groups in total. The molecule has 0 bridgehead atoms. The number of rotatable bonds is 8. The molecule has 26 heavy (non-hydrogen) atoms. The molecule has 2 aromatic carbocycles. The average molecular weight is 355 g/mol. The van der Waals surface area contributed by atoms with Gasteiger partial charge in [0.2, 0.25) is 0 Å². The van der Waals surface area contributed by atoms with Crippen molar-refractivity contribution < 1.29 is 23.9 Å². The fourth-order valence-corrected chi connectivity index (χ4v) is 2.24. The third-order valence-electron chi connectivity index (χ3n) is 3.59. The normalized spacial score (nSPS) is 10.6. The van der Waals surface area contributed by atoms with Crippen LogP contribution in [0.4, 0.5) is 0 Å². The summed E-state index contributed by atoms with van der Waals surface area (Å²) in [6.45, 7) is 4.09. The Morgan fingerprint density at radius 2 is 1.77 bits per heavy atom. The molecule has 0 spiro atoms. The first-order valence-electron chi connectivity index (χ1n) is 8.15. The number of carbonyl (C=O) groups excluding carboxylic acids is 2. The van der Waals surface area contributed by atoms with Crippen molar-refractivity contribution in [2.45, 2.75) is 20.5 Å². The molecule has 6 heteroatoms. The second-order valence-electron chi connectivity index (χ2n) is 5.43. The predicted molar refractivity (Wildman–Crippen MR) is 97.8 cm³/mol. The number of oxime groups is 1. The highest BCUT2D eigenvalue weighted by atomic mass is 16.6. The maximum atomic E-state index is 11.5. The maximum Gasteiger partial charge on any atom is 0.337 e. The van der Waals surface area contributed by atoms with Crippen LogP contribution in [0.1, 0.15) is 45.7 Å². The Kier molecular flexibility index (Phi) is 6.91. The summed E-state index contributed by atoms with van der Waals surface area (Å²) in [6, 6.07) is 12.0. The maximum absolute atomic E-state index is 11.5. The highest BCUT2D eigenvalue weighted by Crippen LogP contribution is 2.21. The monoisotopic (exact) mass is 355 g/mol. The minimum Gasteiger partial charge on any atom is -0.493 e. The number of methoxy groups -OCH3 is 1. The number of Topliss-reactive ketones (excluding diaryl/α,β-unsaturated/α-hetero) is 1. The first kappa shape index (κ1) is 19.2. The summed E-state index contributed by atoms with van der Waals surface area (Å²) in [7, 11) is 1.34. The Bertz CT molecular complexity index is 796. The van der Waals surface area contributed by atoms with Crippen molar-refractivity contribution in [1.29, 1.82) is 0 Å². The van der Waals surface area contributed by atoms with E-state index in [1.165, 1.54) is 20.2 Å². The van der Waals surface area contributed by atoms with Crippen molar-refractivity contribution in [3.05, 3.63) is 64.7 Å². The molecule has 0 aromatic heterocycles. The standard InChI is InChI=1S/C20H21NO5/c1-4-25-19-10-9-17(14(2)22)11-18(19)13-26-21-12-15-5-7-16(8-6-15)20(23)24-3/h5-12H,4,13H2,1-3H3/b21-12+. The molecule has 2 aromatic rings. The van der Waals surface area contributed by atoms with Gasteiger partial charge in [0.05, 0.1) is 25.5 Å². The fourth-order valence-electron chi connectivity index (χ4n) is 2.24. The van der Waals surface area contributed by atoms with Gasteiger partial charge in [-0.1, -0.05) is 17.3 Å². The molecule has 0 amide bonds. The van der Waals surface area contributed by atoms with Crippen molar-refractivity contribution in [1.82, 2.24) is 0 Å². The van der Waals surface area contributed by atoms with Crippen LogP contribution in [-0.4, -0.2) is 31.7 Å². The van der Waals surface area contributed by atoms with Gasteiger partial charge in [-0.3, -0.25) is 4.79 Å². The third-order valence-corrected chi connectivity index (χ3v) is 3.59. The first-order valence-corrected chi connectivity index (χ1v) is 8.15. The largest absolute Gasteiger partial charge is 0.493 e. The number of benzene rings is 2. The lowest BCUT2D eigenvalue weighted by Gasteiger charge is -2.10. The molecule has 136 valence electrons. The molecule has 0 aliphatic heterocycles. The predicted octanol–water partition coefficient (Wildman–Crippen LogP) is 3.63. The van der Waals surface area contributed by atoms with Gasteiger partial charge in [0.25, 0.3) is 0 Å². The van der Waals surface area contributed by atoms with E-state index in [-0.39, 0.29) is 12.4 Å². The van der Waals surface area contributed by atoms with Crippen LogP contribution in [0.25, 0.3) is 0 Å². The number of ketones is 1. The van der Waals surface area contributed by atoms with Crippen LogP contribution < -0.4 is 4.74 Å². The molecule has 0 unspecified atom stereocenters. The van der Waals surface area contributed by atoms with E-state index >= 15 is 0 Å². The molecule has 6 nitrogen and oxygen atoms in total. The summed E-state index contributed by atoms with van der Waals surface area (Å²) in [5.41, 5.74) is 2.58. The zero-order chi connectivity index (χ0) is 18.9. The molecule has 2 rings (SSSR count). The number of hydrogen-bond donors (Lipinski definition) is 0. The van der Waals surface area contributed by atoms with Gasteiger partial charge >= 0.3 is 5.97 Å². The van der Waals surface area contributed by atoms with Crippen LogP contribution in [0.15, 0.2) is 47.6 Å². The van der Waals surface area contributed by atoms with Gasteiger partial charge in [-0.2, -0.15) is 0 Å². The van der Waals surface area contributed by atoms with E-state index in [1.54, 1.807) is 42.5 Å². The summed E-state index contributed by atoms with van der Waals surface area (Å²) in [6.07, 6.45) is 1.54. The molecular weight excluding hydrogens is 334 g/mol. The number of carbonyl (C=O) groups is 2. The summed E-state index contributed by atoms with van der Waals surface area (Å²) < 4.78 is 10.2. The van der Waals surface area contributed by atoms with Gasteiger partial charge in [0.15, 0.2) is 5.78 Å². The quantitative estimate of drug-likeness (QED) is 0.313. The van der Waals surface area contributed by atoms with Crippen LogP contribution >= 0.6 is 0 Å². The minimum atomic E-state index is -0.390. The van der Waals surface area contributed by atoms with Crippen molar-refractivity contribution in [3.8, 4) is 5.75 Å². The van der Waals surface area contributed by atoms with Gasteiger partial charge in [-0.25, -0.2) is 4.79 Å². The molecule has 0 radical (unpaired) electrons. The fraction of sp³-hybridized carbons (Fsp3) is 0.250. The molecule has 0 atom stereocenters. The van der Waals surface area contributed by atoms with Crippen LogP contribution in [0.5, 0.6) is 5.75 Å². The Morgan fingerprint density at radius 3 is 2.38 bits per heavy atom. The SMILES string of the molecule is CCOc1ccc(C(C)=O)cc1CO/N=C/c1ccc(C(=O)OC)cc1. The van der Waals surface area contributed by atoms with Crippen LogP contribution in [0, 0.1) is 0 Å². The molecule has 0 aliphatic carbocycles. The van der Waals surface area contributed by atoms with Gasteiger partial charge < -0.3 is 14.3 Å². The second kappa shape index (κ2) is 9.36. The first-order chi connectivity index (χ1) is 12.5. The van der Waals surface area contributed by atoms with Crippen LogP contribution in [0.3, 0.4) is 0 Å². The molecule has 0 saturated heterocycles. The van der Waals surface area contributed by atoms with Gasteiger partial charge in [-0.05, 0) is 49.7 Å². The molecule has 0 heterocycles. The third kappa shape index (κ3) is 5.17. The molecular formula is C20H21NO5. The van der Waals surface area contributed by atoms with E-state index in [2.05, 4.69) is 9.89 Å². The molecule has 0 saturated carbocycles. The summed E-state index contributed by atoms with van der Waals surface area (Å²) >= 11 is 0. The van der Waals surface area contributed by atoms with Crippen molar-refractivity contribution >= 4 is 18.0 Å². The molecule has 0 aliphatic rings. The number of ether oxygens (including phenoxy) is 2. The van der Waals surface area contributed by atoms with Crippen molar-refractivity contribution in [2.75, 3.05) is 13.7 Å². The minimum absolute atomic E-state index is 0.0245. The van der Waals surface area contributed by atoms with E-state index in [0.717, 1.165) is 11.1 Å². The molecule has 0 fully saturated rings. The zero-order valence-electron chi connectivity index (χ0n) is 15.0. The second-order valence-corrected chi connectivity index (χ2v) is 5.43. The van der Waals surface area contributed by atoms with Gasteiger partial charge in [0.1, 0.15) is 12.4 Å². The Labute approximate surface area is 152 Å². The Morgan fingerprint density at radius 1 is 1.08 bits per heavy atom. The highest BCUT2D eigenvalue weighted by Gasteiger charge is 2.08.